The first kappa shape index (κ1) is 13.6. The minimum absolute atomic E-state index is 0.447. The summed E-state index contributed by atoms with van der Waals surface area (Å²) in [5.74, 6) is 0.870. The second-order valence-electron chi connectivity index (χ2n) is 5.05. The predicted octanol–water partition coefficient (Wildman–Crippen LogP) is 3.58. The topological polar surface area (TPSA) is 48.1 Å². The highest BCUT2D eigenvalue weighted by Gasteiger charge is 2.06. The number of nitrogens with zero attached hydrogens (tertiary/aromatic N) is 1. The first-order valence-corrected chi connectivity index (χ1v) is 7.04. The maximum absolute atomic E-state index is 5.95. The Morgan fingerprint density at radius 3 is 2.71 bits per heavy atom. The van der Waals surface area contributed by atoms with Crippen molar-refractivity contribution in [2.24, 2.45) is 5.73 Å². The van der Waals surface area contributed by atoms with Gasteiger partial charge in [-0.2, -0.15) is 0 Å². The fraction of sp³-hybridized carbons (Fsp3) is 0.167. The summed E-state index contributed by atoms with van der Waals surface area (Å²) >= 11 is 0. The van der Waals surface area contributed by atoms with E-state index in [1.165, 1.54) is 0 Å². The van der Waals surface area contributed by atoms with E-state index in [0.717, 1.165) is 33.5 Å². The van der Waals surface area contributed by atoms with E-state index < -0.39 is 0 Å². The molecular weight excluding hydrogens is 260 g/mol. The van der Waals surface area contributed by atoms with Gasteiger partial charge in [0.2, 0.25) is 0 Å². The zero-order valence-electron chi connectivity index (χ0n) is 12.0. The van der Waals surface area contributed by atoms with Gasteiger partial charge in [-0.25, -0.2) is 4.98 Å². The zero-order chi connectivity index (χ0) is 14.7. The van der Waals surface area contributed by atoms with Gasteiger partial charge in [-0.05, 0) is 24.6 Å². The largest absolute Gasteiger partial charge is 0.487 e. The van der Waals surface area contributed by atoms with Gasteiger partial charge in [0.15, 0.2) is 0 Å². The Morgan fingerprint density at radius 2 is 1.86 bits per heavy atom. The highest BCUT2D eigenvalue weighted by molar-refractivity contribution is 5.78. The van der Waals surface area contributed by atoms with E-state index in [0.29, 0.717) is 13.2 Å². The van der Waals surface area contributed by atoms with Crippen LogP contribution in [-0.4, -0.2) is 4.98 Å². The van der Waals surface area contributed by atoms with Crippen molar-refractivity contribution in [1.29, 1.82) is 0 Å². The lowest BCUT2D eigenvalue weighted by Gasteiger charge is -2.13. The Balaban J connectivity index is 1.83. The van der Waals surface area contributed by atoms with Gasteiger partial charge in [0, 0.05) is 17.5 Å². The first-order chi connectivity index (χ1) is 10.3. The Morgan fingerprint density at radius 1 is 1.00 bits per heavy atom. The zero-order valence-corrected chi connectivity index (χ0v) is 12.0. The molecule has 21 heavy (non-hydrogen) atoms. The van der Waals surface area contributed by atoms with E-state index in [-0.39, 0.29) is 0 Å². The van der Waals surface area contributed by atoms with Crippen LogP contribution in [0.3, 0.4) is 0 Å². The first-order valence-electron chi connectivity index (χ1n) is 7.04. The number of ether oxygens (including phenoxy) is 1. The molecular formula is C18H18N2O. The summed E-state index contributed by atoms with van der Waals surface area (Å²) in [6.45, 7) is 2.95. The summed E-state index contributed by atoms with van der Waals surface area (Å²) in [6, 6.07) is 18.2. The molecule has 0 aliphatic carbocycles. The summed E-state index contributed by atoms with van der Waals surface area (Å²) in [5, 5.41) is 1.14. The molecule has 1 aromatic heterocycles. The van der Waals surface area contributed by atoms with Gasteiger partial charge in [0.25, 0.3) is 0 Å². The maximum atomic E-state index is 5.95. The summed E-state index contributed by atoms with van der Waals surface area (Å²) in [4.78, 5) is 4.62. The van der Waals surface area contributed by atoms with Gasteiger partial charge in [-0.3, -0.25) is 0 Å². The van der Waals surface area contributed by atoms with E-state index in [1.54, 1.807) is 0 Å². The molecule has 0 saturated heterocycles. The lowest BCUT2D eigenvalue weighted by molar-refractivity contribution is 0.296. The number of para-hydroxylation sites is 2. The number of pyridine rings is 1. The van der Waals surface area contributed by atoms with Crippen LogP contribution in [0.5, 0.6) is 5.75 Å². The van der Waals surface area contributed by atoms with Gasteiger partial charge in [0.1, 0.15) is 12.4 Å². The van der Waals surface area contributed by atoms with Gasteiger partial charge in [-0.1, -0.05) is 42.5 Å². The van der Waals surface area contributed by atoms with Crippen molar-refractivity contribution in [3.05, 3.63) is 71.4 Å². The lowest BCUT2D eigenvalue weighted by Crippen LogP contribution is -2.05. The summed E-state index contributed by atoms with van der Waals surface area (Å²) in [5.41, 5.74) is 9.79. The normalized spacial score (nSPS) is 10.8. The van der Waals surface area contributed by atoms with Crippen LogP contribution in [0.1, 0.15) is 16.8 Å². The molecule has 0 spiro atoms. The lowest BCUT2D eigenvalue weighted by atomic mass is 10.1. The standard InChI is InChI=1S/C18H18N2O/c1-13-5-4-7-15(11-19)18(13)21-12-16-10-9-14-6-2-3-8-17(14)20-16/h2-10H,11-12,19H2,1H3. The van der Waals surface area contributed by atoms with Crippen molar-refractivity contribution in [3.8, 4) is 5.75 Å². The van der Waals surface area contributed by atoms with E-state index >= 15 is 0 Å². The molecule has 2 aromatic carbocycles. The van der Waals surface area contributed by atoms with Crippen LogP contribution in [0.15, 0.2) is 54.6 Å². The number of hydrogen-bond donors (Lipinski definition) is 1. The fourth-order valence-electron chi connectivity index (χ4n) is 2.42. The van der Waals surface area contributed by atoms with Crippen LogP contribution in [0.4, 0.5) is 0 Å². The molecule has 3 rings (SSSR count). The Labute approximate surface area is 124 Å². The molecule has 0 fully saturated rings. The van der Waals surface area contributed by atoms with Crippen molar-refractivity contribution < 1.29 is 4.74 Å². The van der Waals surface area contributed by atoms with E-state index in [2.05, 4.69) is 17.1 Å². The average Bonchev–Trinajstić information content (AvgIpc) is 2.53. The highest BCUT2D eigenvalue weighted by Crippen LogP contribution is 2.24. The minimum atomic E-state index is 0.447. The van der Waals surface area contributed by atoms with Crippen molar-refractivity contribution in [3.63, 3.8) is 0 Å². The minimum Gasteiger partial charge on any atom is -0.487 e. The third-order valence-electron chi connectivity index (χ3n) is 3.53. The summed E-state index contributed by atoms with van der Waals surface area (Å²) in [6.07, 6.45) is 0. The second kappa shape index (κ2) is 5.94. The van der Waals surface area contributed by atoms with Crippen LogP contribution in [-0.2, 0) is 13.2 Å². The fourth-order valence-corrected chi connectivity index (χ4v) is 2.42. The van der Waals surface area contributed by atoms with E-state index in [9.17, 15) is 0 Å². The molecule has 0 unspecified atom stereocenters. The van der Waals surface area contributed by atoms with Crippen molar-refractivity contribution in [2.45, 2.75) is 20.1 Å². The second-order valence-corrected chi connectivity index (χ2v) is 5.05. The van der Waals surface area contributed by atoms with Crippen LogP contribution >= 0.6 is 0 Å². The molecule has 0 radical (unpaired) electrons. The number of aromatic nitrogens is 1. The smallest absolute Gasteiger partial charge is 0.130 e. The molecule has 106 valence electrons. The summed E-state index contributed by atoms with van der Waals surface area (Å²) in [7, 11) is 0. The van der Waals surface area contributed by atoms with E-state index in [1.807, 2.05) is 49.4 Å². The van der Waals surface area contributed by atoms with Crippen molar-refractivity contribution >= 4 is 10.9 Å². The molecule has 3 nitrogen and oxygen atoms in total. The number of hydrogen-bond acceptors (Lipinski definition) is 3. The SMILES string of the molecule is Cc1cccc(CN)c1OCc1ccc2ccccc2n1. The van der Waals surface area contributed by atoms with E-state index in [4.69, 9.17) is 10.5 Å². The molecule has 3 heteroatoms. The van der Waals surface area contributed by atoms with Crippen molar-refractivity contribution in [2.75, 3.05) is 0 Å². The number of nitrogens with two attached hydrogens (primary N) is 1. The number of fused-ring (bicyclic) bond motifs is 1. The summed E-state index contributed by atoms with van der Waals surface area (Å²) < 4.78 is 5.95. The Kier molecular flexibility index (Phi) is 3.84. The number of aryl methyl sites for hydroxylation is 1. The number of benzene rings is 2. The molecule has 0 atom stereocenters. The average molecular weight is 278 g/mol. The molecule has 2 N–H and O–H groups in total. The molecule has 0 aliphatic rings. The third-order valence-corrected chi connectivity index (χ3v) is 3.53. The Hall–Kier alpha value is -2.39. The van der Waals surface area contributed by atoms with Crippen molar-refractivity contribution in [1.82, 2.24) is 4.98 Å². The van der Waals surface area contributed by atoms with Crippen LogP contribution in [0.25, 0.3) is 10.9 Å². The highest BCUT2D eigenvalue weighted by atomic mass is 16.5. The van der Waals surface area contributed by atoms with Gasteiger partial charge in [-0.15, -0.1) is 0 Å². The van der Waals surface area contributed by atoms with Crippen LogP contribution in [0, 0.1) is 6.92 Å². The molecule has 0 saturated carbocycles. The number of rotatable bonds is 4. The van der Waals surface area contributed by atoms with Crippen LogP contribution in [0.2, 0.25) is 0 Å². The molecule has 3 aromatic rings. The van der Waals surface area contributed by atoms with Gasteiger partial charge in [0.05, 0.1) is 11.2 Å². The van der Waals surface area contributed by atoms with Gasteiger partial charge < -0.3 is 10.5 Å². The third kappa shape index (κ3) is 2.88. The molecule has 0 aliphatic heterocycles. The predicted molar refractivity (Wildman–Crippen MR) is 85.1 cm³/mol. The molecule has 0 bridgehead atoms. The molecule has 1 heterocycles. The quantitative estimate of drug-likeness (QED) is 0.793. The monoisotopic (exact) mass is 278 g/mol. The maximum Gasteiger partial charge on any atom is 0.130 e. The Bertz CT molecular complexity index is 768. The molecule has 0 amide bonds. The van der Waals surface area contributed by atoms with Crippen LogP contribution < -0.4 is 10.5 Å². The van der Waals surface area contributed by atoms with Gasteiger partial charge >= 0.3 is 0 Å².